The lowest BCUT2D eigenvalue weighted by atomic mass is 10.3. The van der Waals surface area contributed by atoms with E-state index >= 15 is 0 Å². The molecule has 7 heteroatoms. The van der Waals surface area contributed by atoms with E-state index in [4.69, 9.17) is 0 Å². The van der Waals surface area contributed by atoms with Gasteiger partial charge < -0.3 is 10.3 Å². The molecule has 0 fully saturated rings. The standard InChI is InChI=1S/C11H14N4O2S/c1-18(16,17)15-10-4-2-9(3-5-10)13-7-11-6-12-8-14-11/h2-6,8,13,15H,7H2,1H3,(H,12,14). The van der Waals surface area contributed by atoms with Crippen LogP contribution in [0.15, 0.2) is 36.8 Å². The number of sulfonamides is 1. The fraction of sp³-hybridized carbons (Fsp3) is 0.182. The minimum Gasteiger partial charge on any atom is -0.379 e. The van der Waals surface area contributed by atoms with E-state index < -0.39 is 10.0 Å². The molecule has 0 radical (unpaired) electrons. The van der Waals surface area contributed by atoms with Crippen molar-refractivity contribution in [3.63, 3.8) is 0 Å². The first-order valence-electron chi connectivity index (χ1n) is 5.32. The van der Waals surface area contributed by atoms with Gasteiger partial charge in [-0.15, -0.1) is 0 Å². The molecule has 1 heterocycles. The van der Waals surface area contributed by atoms with Crippen LogP contribution in [0.1, 0.15) is 5.69 Å². The second-order valence-electron chi connectivity index (χ2n) is 3.88. The Hall–Kier alpha value is -2.02. The lowest BCUT2D eigenvalue weighted by molar-refractivity contribution is 0.607. The van der Waals surface area contributed by atoms with Crippen LogP contribution < -0.4 is 10.0 Å². The number of nitrogens with one attached hydrogen (secondary N) is 3. The van der Waals surface area contributed by atoms with Crippen molar-refractivity contribution >= 4 is 21.4 Å². The predicted octanol–water partition coefficient (Wildman–Crippen LogP) is 1.39. The minimum absolute atomic E-state index is 0.546. The van der Waals surface area contributed by atoms with E-state index in [0.29, 0.717) is 12.2 Å². The van der Waals surface area contributed by atoms with Gasteiger partial charge in [0.1, 0.15) is 0 Å². The van der Waals surface area contributed by atoms with Crippen LogP contribution in [0.2, 0.25) is 0 Å². The van der Waals surface area contributed by atoms with Crippen LogP contribution in [0.4, 0.5) is 11.4 Å². The topological polar surface area (TPSA) is 86.9 Å². The number of benzene rings is 1. The average molecular weight is 266 g/mol. The SMILES string of the molecule is CS(=O)(=O)Nc1ccc(NCc2cnc[nH]2)cc1. The molecule has 0 aliphatic heterocycles. The molecule has 0 aliphatic rings. The molecule has 0 aliphatic carbocycles. The number of hydrogen-bond acceptors (Lipinski definition) is 4. The highest BCUT2D eigenvalue weighted by molar-refractivity contribution is 7.92. The van der Waals surface area contributed by atoms with E-state index in [1.165, 1.54) is 0 Å². The Bertz CT molecular complexity index is 590. The van der Waals surface area contributed by atoms with Crippen LogP contribution in [-0.2, 0) is 16.6 Å². The van der Waals surface area contributed by atoms with Gasteiger partial charge in [-0.3, -0.25) is 4.72 Å². The van der Waals surface area contributed by atoms with Gasteiger partial charge in [0.25, 0.3) is 0 Å². The first-order chi connectivity index (χ1) is 8.53. The first kappa shape index (κ1) is 12.4. The Balaban J connectivity index is 1.95. The predicted molar refractivity (Wildman–Crippen MR) is 70.8 cm³/mol. The molecule has 2 aromatic rings. The molecule has 0 atom stereocenters. The Morgan fingerprint density at radius 1 is 1.22 bits per heavy atom. The van der Waals surface area contributed by atoms with E-state index in [1.807, 2.05) is 12.1 Å². The van der Waals surface area contributed by atoms with E-state index in [-0.39, 0.29) is 0 Å². The van der Waals surface area contributed by atoms with Crippen LogP contribution in [-0.4, -0.2) is 24.6 Å². The zero-order valence-electron chi connectivity index (χ0n) is 9.84. The molecule has 0 unspecified atom stereocenters. The maximum absolute atomic E-state index is 11.0. The molecule has 0 bridgehead atoms. The number of imidazole rings is 1. The number of H-pyrrole nitrogens is 1. The van der Waals surface area contributed by atoms with Gasteiger partial charge in [-0.1, -0.05) is 0 Å². The largest absolute Gasteiger partial charge is 0.379 e. The van der Waals surface area contributed by atoms with Crippen molar-refractivity contribution in [3.05, 3.63) is 42.5 Å². The van der Waals surface area contributed by atoms with Crippen LogP contribution in [0, 0.1) is 0 Å². The molecular formula is C11H14N4O2S. The molecule has 1 aromatic heterocycles. The summed E-state index contributed by atoms with van der Waals surface area (Å²) in [7, 11) is -3.22. The molecule has 18 heavy (non-hydrogen) atoms. The molecule has 6 nitrogen and oxygen atoms in total. The zero-order chi connectivity index (χ0) is 13.0. The van der Waals surface area contributed by atoms with Crippen molar-refractivity contribution in [2.45, 2.75) is 6.54 Å². The maximum atomic E-state index is 11.0. The molecule has 3 N–H and O–H groups in total. The quantitative estimate of drug-likeness (QED) is 0.763. The lowest BCUT2D eigenvalue weighted by Gasteiger charge is -2.07. The first-order valence-corrected chi connectivity index (χ1v) is 7.21. The summed E-state index contributed by atoms with van der Waals surface area (Å²) >= 11 is 0. The summed E-state index contributed by atoms with van der Waals surface area (Å²) in [6, 6.07) is 7.03. The Morgan fingerprint density at radius 3 is 2.44 bits per heavy atom. The van der Waals surface area contributed by atoms with Gasteiger partial charge >= 0.3 is 0 Å². The number of aromatic nitrogens is 2. The van der Waals surface area contributed by atoms with Gasteiger partial charge in [-0.05, 0) is 24.3 Å². The third-order valence-corrected chi connectivity index (χ3v) is 2.83. The Kier molecular flexibility index (Phi) is 3.52. The van der Waals surface area contributed by atoms with Crippen molar-refractivity contribution in [2.75, 3.05) is 16.3 Å². The van der Waals surface area contributed by atoms with Crippen LogP contribution in [0.3, 0.4) is 0 Å². The highest BCUT2D eigenvalue weighted by Crippen LogP contribution is 2.14. The summed E-state index contributed by atoms with van der Waals surface area (Å²) in [6.07, 6.45) is 4.49. The number of rotatable bonds is 5. The van der Waals surface area contributed by atoms with E-state index in [9.17, 15) is 8.42 Å². The summed E-state index contributed by atoms with van der Waals surface area (Å²) in [6.45, 7) is 0.638. The summed E-state index contributed by atoms with van der Waals surface area (Å²) in [5, 5.41) is 3.19. The molecular weight excluding hydrogens is 252 g/mol. The zero-order valence-corrected chi connectivity index (χ0v) is 10.7. The second kappa shape index (κ2) is 5.09. The van der Waals surface area contributed by atoms with Gasteiger partial charge in [-0.2, -0.15) is 0 Å². The van der Waals surface area contributed by atoms with Crippen molar-refractivity contribution in [1.82, 2.24) is 9.97 Å². The van der Waals surface area contributed by atoms with Crippen LogP contribution >= 0.6 is 0 Å². The second-order valence-corrected chi connectivity index (χ2v) is 5.63. The summed E-state index contributed by atoms with van der Waals surface area (Å²) < 4.78 is 24.5. The van der Waals surface area contributed by atoms with Crippen LogP contribution in [0.5, 0.6) is 0 Å². The van der Waals surface area contributed by atoms with Gasteiger partial charge in [0.15, 0.2) is 0 Å². The number of anilines is 2. The summed E-state index contributed by atoms with van der Waals surface area (Å²) in [5.74, 6) is 0. The normalized spacial score (nSPS) is 11.2. The Labute approximate surface area is 106 Å². The number of nitrogens with zero attached hydrogens (tertiary/aromatic N) is 1. The van der Waals surface area contributed by atoms with Crippen LogP contribution in [0.25, 0.3) is 0 Å². The van der Waals surface area contributed by atoms with E-state index in [1.54, 1.807) is 24.7 Å². The summed E-state index contributed by atoms with van der Waals surface area (Å²) in [5.41, 5.74) is 2.43. The van der Waals surface area contributed by atoms with Gasteiger partial charge in [0, 0.05) is 17.6 Å². The molecule has 1 aromatic carbocycles. The molecule has 2 rings (SSSR count). The number of aromatic amines is 1. The van der Waals surface area contributed by atoms with E-state index in [2.05, 4.69) is 20.0 Å². The summed E-state index contributed by atoms with van der Waals surface area (Å²) in [4.78, 5) is 6.90. The van der Waals surface area contributed by atoms with Crippen molar-refractivity contribution in [3.8, 4) is 0 Å². The third-order valence-electron chi connectivity index (χ3n) is 2.23. The lowest BCUT2D eigenvalue weighted by Crippen LogP contribution is -2.09. The smallest absolute Gasteiger partial charge is 0.229 e. The third kappa shape index (κ3) is 3.77. The van der Waals surface area contributed by atoms with E-state index in [0.717, 1.165) is 17.6 Å². The monoisotopic (exact) mass is 266 g/mol. The fourth-order valence-electron chi connectivity index (χ4n) is 1.45. The van der Waals surface area contributed by atoms with Crippen molar-refractivity contribution < 1.29 is 8.42 Å². The molecule has 0 saturated carbocycles. The average Bonchev–Trinajstić information content (AvgIpc) is 2.79. The van der Waals surface area contributed by atoms with Crippen molar-refractivity contribution in [2.24, 2.45) is 0 Å². The highest BCUT2D eigenvalue weighted by Gasteiger charge is 2.01. The minimum atomic E-state index is -3.22. The van der Waals surface area contributed by atoms with Crippen molar-refractivity contribution in [1.29, 1.82) is 0 Å². The molecule has 96 valence electrons. The molecule has 0 saturated heterocycles. The molecule has 0 amide bonds. The Morgan fingerprint density at radius 2 is 1.89 bits per heavy atom. The van der Waals surface area contributed by atoms with Gasteiger partial charge in [-0.25, -0.2) is 13.4 Å². The van der Waals surface area contributed by atoms with Gasteiger partial charge in [0.05, 0.1) is 24.8 Å². The highest BCUT2D eigenvalue weighted by atomic mass is 32.2. The fourth-order valence-corrected chi connectivity index (χ4v) is 2.01. The number of hydrogen-bond donors (Lipinski definition) is 3. The van der Waals surface area contributed by atoms with Gasteiger partial charge in [0.2, 0.25) is 10.0 Å². The molecule has 0 spiro atoms. The maximum Gasteiger partial charge on any atom is 0.229 e.